The van der Waals surface area contributed by atoms with Crippen molar-refractivity contribution < 1.29 is 19.1 Å². The van der Waals surface area contributed by atoms with Gasteiger partial charge in [0.15, 0.2) is 5.65 Å². The van der Waals surface area contributed by atoms with Crippen LogP contribution in [0.5, 0.6) is 0 Å². The first-order chi connectivity index (χ1) is 14.3. The van der Waals surface area contributed by atoms with E-state index in [1.807, 2.05) is 0 Å². The molecule has 31 heavy (non-hydrogen) atoms. The molecule has 0 aliphatic rings. The van der Waals surface area contributed by atoms with E-state index >= 15 is 0 Å². The Bertz CT molecular complexity index is 919. The topological polar surface area (TPSA) is 115 Å². The molecule has 2 heterocycles. The highest BCUT2D eigenvalue weighted by Crippen LogP contribution is 2.21. The molecule has 0 aliphatic carbocycles. The van der Waals surface area contributed by atoms with Crippen molar-refractivity contribution in [2.45, 2.75) is 52.7 Å². The van der Waals surface area contributed by atoms with Crippen LogP contribution in [-0.2, 0) is 9.47 Å². The van der Waals surface area contributed by atoms with E-state index in [0.717, 1.165) is 0 Å². The Hall–Kier alpha value is -2.40. The van der Waals surface area contributed by atoms with Crippen LogP contribution in [0.1, 0.15) is 41.5 Å². The second kappa shape index (κ2) is 9.82. The molecule has 2 aromatic rings. The fourth-order valence-corrected chi connectivity index (χ4v) is 2.96. The van der Waals surface area contributed by atoms with E-state index in [9.17, 15) is 9.59 Å². The monoisotopic (exact) mass is 498 g/mol. The van der Waals surface area contributed by atoms with Crippen LogP contribution >= 0.6 is 15.9 Å². The fraction of sp³-hybridized carbons (Fsp3) is 0.600. The number of carbonyl (C=O) groups is 2. The molecule has 2 amide bonds. The zero-order valence-electron chi connectivity index (χ0n) is 18.9. The van der Waals surface area contributed by atoms with Gasteiger partial charge >= 0.3 is 12.2 Å². The largest absolute Gasteiger partial charge is 0.444 e. The Balaban J connectivity index is 2.29. The van der Waals surface area contributed by atoms with E-state index < -0.39 is 23.4 Å². The van der Waals surface area contributed by atoms with Crippen molar-refractivity contribution in [1.29, 1.82) is 0 Å². The van der Waals surface area contributed by atoms with Crippen molar-refractivity contribution in [2.24, 2.45) is 5.73 Å². The number of anilines is 1. The zero-order chi connectivity index (χ0) is 23.4. The Morgan fingerprint density at radius 1 is 1.06 bits per heavy atom. The molecule has 0 atom stereocenters. The highest BCUT2D eigenvalue weighted by Gasteiger charge is 2.27. The number of aromatic nitrogens is 3. The van der Waals surface area contributed by atoms with E-state index in [1.54, 1.807) is 64.5 Å². The Morgan fingerprint density at radius 2 is 1.68 bits per heavy atom. The molecule has 172 valence electrons. The number of hydrogen-bond acceptors (Lipinski definition) is 7. The lowest BCUT2D eigenvalue weighted by Crippen LogP contribution is -2.46. The van der Waals surface area contributed by atoms with E-state index in [1.165, 1.54) is 9.80 Å². The van der Waals surface area contributed by atoms with Gasteiger partial charge in [-0.25, -0.2) is 19.1 Å². The minimum Gasteiger partial charge on any atom is -0.444 e. The van der Waals surface area contributed by atoms with Crippen LogP contribution in [0.3, 0.4) is 0 Å². The molecule has 2 aromatic heterocycles. The van der Waals surface area contributed by atoms with Gasteiger partial charge in [0.05, 0.1) is 10.7 Å². The Labute approximate surface area is 190 Å². The summed E-state index contributed by atoms with van der Waals surface area (Å²) in [5.74, 6) is 0.375. The molecule has 0 saturated heterocycles. The van der Waals surface area contributed by atoms with E-state index in [-0.39, 0.29) is 26.2 Å². The third-order valence-corrected chi connectivity index (χ3v) is 4.41. The van der Waals surface area contributed by atoms with Gasteiger partial charge in [0.25, 0.3) is 0 Å². The third-order valence-electron chi connectivity index (χ3n) is 3.85. The molecule has 0 aliphatic heterocycles. The maximum atomic E-state index is 13.0. The summed E-state index contributed by atoms with van der Waals surface area (Å²) in [7, 11) is 0. The minimum atomic E-state index is -0.696. The van der Waals surface area contributed by atoms with Gasteiger partial charge in [-0.05, 0) is 63.5 Å². The first-order valence-electron chi connectivity index (χ1n) is 9.99. The lowest BCUT2D eigenvalue weighted by Gasteiger charge is -2.30. The molecule has 0 fully saturated rings. The average molecular weight is 499 g/mol. The van der Waals surface area contributed by atoms with Crippen LogP contribution in [0.25, 0.3) is 5.65 Å². The van der Waals surface area contributed by atoms with Gasteiger partial charge in [0, 0.05) is 32.4 Å². The summed E-state index contributed by atoms with van der Waals surface area (Å²) in [6.07, 6.45) is 2.25. The van der Waals surface area contributed by atoms with Gasteiger partial charge in [0.2, 0.25) is 0 Å². The van der Waals surface area contributed by atoms with E-state index in [2.05, 4.69) is 26.0 Å². The highest BCUT2D eigenvalue weighted by molar-refractivity contribution is 9.10. The maximum absolute atomic E-state index is 13.0. The molecule has 0 spiro atoms. The van der Waals surface area contributed by atoms with Gasteiger partial charge in [-0.1, -0.05) is 0 Å². The molecule has 10 nitrogen and oxygen atoms in total. The fourth-order valence-electron chi connectivity index (χ4n) is 2.60. The minimum absolute atomic E-state index is 0.142. The van der Waals surface area contributed by atoms with Gasteiger partial charge < -0.3 is 20.1 Å². The second-order valence-corrected chi connectivity index (χ2v) is 9.79. The summed E-state index contributed by atoms with van der Waals surface area (Å²) in [6.45, 7) is 11.6. The molecular weight excluding hydrogens is 468 g/mol. The first-order valence-corrected chi connectivity index (χ1v) is 10.8. The summed E-state index contributed by atoms with van der Waals surface area (Å²) < 4.78 is 13.3. The van der Waals surface area contributed by atoms with Crippen molar-refractivity contribution in [1.82, 2.24) is 19.5 Å². The lowest BCUT2D eigenvalue weighted by atomic mass is 10.2. The predicted octanol–water partition coefficient (Wildman–Crippen LogP) is 3.43. The SMILES string of the molecule is CC(C)(C)OC(=O)N(CCN)CCN(C(=O)OC(C)(C)C)c1ccn2ncc(Br)c2n1. The van der Waals surface area contributed by atoms with Crippen molar-refractivity contribution in [3.8, 4) is 0 Å². The second-order valence-electron chi connectivity index (χ2n) is 8.93. The van der Waals surface area contributed by atoms with Crippen LogP contribution in [0.15, 0.2) is 22.9 Å². The maximum Gasteiger partial charge on any atom is 0.416 e. The third kappa shape index (κ3) is 7.35. The first kappa shape index (κ1) is 24.9. The molecule has 0 saturated carbocycles. The molecule has 0 radical (unpaired) electrons. The lowest BCUT2D eigenvalue weighted by molar-refractivity contribution is 0.0253. The number of halogens is 1. The number of nitrogens with zero attached hydrogens (tertiary/aromatic N) is 5. The van der Waals surface area contributed by atoms with Crippen molar-refractivity contribution in [2.75, 3.05) is 31.1 Å². The molecule has 0 unspecified atom stereocenters. The van der Waals surface area contributed by atoms with E-state index in [4.69, 9.17) is 15.2 Å². The normalized spacial score (nSPS) is 12.0. The van der Waals surface area contributed by atoms with Crippen LogP contribution in [-0.4, -0.2) is 69.1 Å². The highest BCUT2D eigenvalue weighted by atomic mass is 79.9. The van der Waals surface area contributed by atoms with Crippen LogP contribution in [0, 0.1) is 0 Å². The van der Waals surface area contributed by atoms with Crippen molar-refractivity contribution >= 4 is 39.6 Å². The number of hydrogen-bond donors (Lipinski definition) is 1. The number of rotatable bonds is 6. The molecule has 2 rings (SSSR count). The quantitative estimate of drug-likeness (QED) is 0.648. The zero-order valence-corrected chi connectivity index (χ0v) is 20.5. The Morgan fingerprint density at radius 3 is 2.26 bits per heavy atom. The number of ether oxygens (including phenoxy) is 2. The summed E-state index contributed by atoms with van der Waals surface area (Å²) >= 11 is 3.40. The van der Waals surface area contributed by atoms with Gasteiger partial charge in [0.1, 0.15) is 17.0 Å². The summed E-state index contributed by atoms with van der Waals surface area (Å²) in [5.41, 5.74) is 4.89. The number of fused-ring (bicyclic) bond motifs is 1. The van der Waals surface area contributed by atoms with Crippen molar-refractivity contribution in [3.63, 3.8) is 0 Å². The standard InChI is InChI=1S/C20H31BrN6O4/c1-19(2,3)30-17(28)25(10-8-22)11-12-26(18(29)31-20(4,5)6)15-7-9-27-16(24-15)14(21)13-23-27/h7,9,13H,8,10-12,22H2,1-6H3. The molecule has 2 N–H and O–H groups in total. The van der Waals surface area contributed by atoms with Gasteiger partial charge in [-0.3, -0.25) is 4.90 Å². The number of nitrogens with two attached hydrogens (primary N) is 1. The number of amides is 2. The van der Waals surface area contributed by atoms with Gasteiger partial charge in [-0.15, -0.1) is 0 Å². The summed E-state index contributed by atoms with van der Waals surface area (Å²) in [4.78, 5) is 32.9. The molecule has 0 bridgehead atoms. The average Bonchev–Trinajstić information content (AvgIpc) is 2.98. The van der Waals surface area contributed by atoms with Gasteiger partial charge in [-0.2, -0.15) is 5.10 Å². The van der Waals surface area contributed by atoms with Crippen LogP contribution in [0.4, 0.5) is 15.4 Å². The Kier molecular flexibility index (Phi) is 7.87. The summed E-state index contributed by atoms with van der Waals surface area (Å²) in [5, 5.41) is 4.17. The van der Waals surface area contributed by atoms with Crippen LogP contribution in [0.2, 0.25) is 0 Å². The van der Waals surface area contributed by atoms with Crippen molar-refractivity contribution in [3.05, 3.63) is 22.9 Å². The molecule has 11 heteroatoms. The summed E-state index contributed by atoms with van der Waals surface area (Å²) in [6, 6.07) is 1.66. The molecular formula is C20H31BrN6O4. The predicted molar refractivity (Wildman–Crippen MR) is 121 cm³/mol. The van der Waals surface area contributed by atoms with E-state index in [0.29, 0.717) is 15.9 Å². The smallest absolute Gasteiger partial charge is 0.416 e. The number of carbonyl (C=O) groups excluding carboxylic acids is 2. The van der Waals surface area contributed by atoms with Crippen LogP contribution < -0.4 is 10.6 Å². The molecule has 0 aromatic carbocycles.